The predicted molar refractivity (Wildman–Crippen MR) is 74.2 cm³/mol. The average Bonchev–Trinajstić information content (AvgIpc) is 2.63. The number of hydrogen-bond donors (Lipinski definition) is 0. The molecule has 6 heteroatoms. The van der Waals surface area contributed by atoms with Crippen molar-refractivity contribution in [1.82, 2.24) is 4.90 Å². The Morgan fingerprint density at radius 2 is 1.90 bits per heavy atom. The molecule has 0 aliphatic carbocycles. The molecule has 0 aromatic carbocycles. The lowest BCUT2D eigenvalue weighted by Crippen LogP contribution is -2.32. The molecule has 0 aromatic heterocycles. The third kappa shape index (κ3) is 6.25. The molecule has 1 aliphatic rings. The van der Waals surface area contributed by atoms with Gasteiger partial charge in [0.2, 0.25) is 11.8 Å². The van der Waals surface area contributed by atoms with Crippen LogP contribution < -0.4 is 0 Å². The highest BCUT2D eigenvalue weighted by Crippen LogP contribution is 2.10. The highest BCUT2D eigenvalue weighted by Gasteiger charge is 2.28. The summed E-state index contributed by atoms with van der Waals surface area (Å²) in [5.41, 5.74) is 0. The van der Waals surface area contributed by atoms with Gasteiger partial charge in [0.05, 0.1) is 26.4 Å². The van der Waals surface area contributed by atoms with Crippen LogP contribution in [0, 0.1) is 5.92 Å². The Hall–Kier alpha value is -1.27. The van der Waals surface area contributed by atoms with Gasteiger partial charge in [-0.05, 0) is 0 Å². The summed E-state index contributed by atoms with van der Waals surface area (Å²) in [6.07, 6.45) is -1.01. The van der Waals surface area contributed by atoms with E-state index in [-0.39, 0.29) is 51.2 Å². The quantitative estimate of drug-likeness (QED) is 0.468. The summed E-state index contributed by atoms with van der Waals surface area (Å²) in [5, 5.41) is 0. The Morgan fingerprint density at radius 1 is 1.25 bits per heavy atom. The number of ether oxygens (including phenoxy) is 2. The highest BCUT2D eigenvalue weighted by atomic mass is 16.5. The van der Waals surface area contributed by atoms with Gasteiger partial charge in [-0.1, -0.05) is 21.3 Å². The molecule has 0 radical (unpaired) electrons. The second-order valence-electron chi connectivity index (χ2n) is 4.58. The van der Waals surface area contributed by atoms with Crippen LogP contribution in [0.1, 0.15) is 35.5 Å². The zero-order valence-corrected chi connectivity index (χ0v) is 11.4. The number of nitrogens with zero attached hydrogens (tertiary/aromatic N) is 1. The maximum atomic E-state index is 11.4. The zero-order valence-electron chi connectivity index (χ0n) is 12.4. The maximum absolute atomic E-state index is 11.4. The molecule has 1 unspecified atom stereocenters. The summed E-state index contributed by atoms with van der Waals surface area (Å²) >= 11 is 0. The molecular weight excluding hydrogens is 262 g/mol. The van der Waals surface area contributed by atoms with Crippen LogP contribution in [0.5, 0.6) is 0 Å². The van der Waals surface area contributed by atoms with E-state index in [2.05, 4.69) is 0 Å². The topological polar surface area (TPSA) is 72.9 Å². The Labute approximate surface area is 121 Å². The van der Waals surface area contributed by atoms with Crippen molar-refractivity contribution in [3.05, 3.63) is 0 Å². The highest BCUT2D eigenvalue weighted by molar-refractivity contribution is 6.01. The SMILES string of the molecule is C.[3H]C1CC(=O)N(CCOCCOCC(=O)C(C)C)C1=O. The van der Waals surface area contributed by atoms with Crippen LogP contribution >= 0.6 is 0 Å². The summed E-state index contributed by atoms with van der Waals surface area (Å²) < 4.78 is 17.7. The van der Waals surface area contributed by atoms with Gasteiger partial charge in [0.1, 0.15) is 6.61 Å². The predicted octanol–water partition coefficient (Wildman–Crippen LogP) is 1.03. The van der Waals surface area contributed by atoms with Crippen LogP contribution in [0.25, 0.3) is 0 Å². The normalized spacial score (nSPS) is 19.2. The minimum Gasteiger partial charge on any atom is -0.377 e. The first-order valence-electron chi connectivity index (χ1n) is 6.96. The first-order valence-corrected chi connectivity index (χ1v) is 6.38. The monoisotopic (exact) mass is 289 g/mol. The van der Waals surface area contributed by atoms with Gasteiger partial charge in [-0.3, -0.25) is 19.3 Å². The number of carbonyl (C=O) groups is 3. The second kappa shape index (κ2) is 9.61. The van der Waals surface area contributed by atoms with E-state index in [1.807, 2.05) is 13.8 Å². The number of imide groups is 1. The van der Waals surface area contributed by atoms with Gasteiger partial charge in [-0.25, -0.2) is 0 Å². The first kappa shape index (κ1) is 16.8. The van der Waals surface area contributed by atoms with Crippen molar-refractivity contribution in [1.29, 1.82) is 0 Å². The van der Waals surface area contributed by atoms with Crippen molar-refractivity contribution in [2.75, 3.05) is 33.0 Å². The summed E-state index contributed by atoms with van der Waals surface area (Å²) in [7, 11) is 0. The van der Waals surface area contributed by atoms with Gasteiger partial charge in [0, 0.05) is 20.1 Å². The van der Waals surface area contributed by atoms with Gasteiger partial charge in [0.15, 0.2) is 5.78 Å². The van der Waals surface area contributed by atoms with Crippen LogP contribution in [0.15, 0.2) is 0 Å². The molecule has 0 aromatic rings. The lowest BCUT2D eigenvalue weighted by molar-refractivity contribution is -0.139. The van der Waals surface area contributed by atoms with E-state index >= 15 is 0 Å². The van der Waals surface area contributed by atoms with E-state index in [4.69, 9.17) is 10.8 Å². The van der Waals surface area contributed by atoms with Gasteiger partial charge < -0.3 is 9.47 Å². The molecule has 20 heavy (non-hydrogen) atoms. The number of likely N-dealkylation sites (tertiary alicyclic amines) is 1. The molecule has 116 valence electrons. The molecule has 6 nitrogen and oxygen atoms in total. The molecule has 0 N–H and O–H groups in total. The summed E-state index contributed by atoms with van der Waals surface area (Å²) in [6, 6.07) is 0. The van der Waals surface area contributed by atoms with E-state index in [1.165, 1.54) is 0 Å². The molecule has 1 atom stereocenters. The number of amides is 2. The standard InChI is InChI=1S/C13H21NO5.CH4/c1-10(2)11(15)9-19-8-7-18-6-5-14-12(16)3-4-13(14)17;/h10H,3-9H2,1-2H3;1H4/i3T;. The zero-order chi connectivity index (χ0) is 15.1. The Morgan fingerprint density at radius 3 is 2.45 bits per heavy atom. The second-order valence-corrected chi connectivity index (χ2v) is 4.58. The number of Topliss-reactive ketones (excluding diaryl/α,β-unsaturated/α-hetero) is 1. The summed E-state index contributed by atoms with van der Waals surface area (Å²) in [6.45, 7) is 4.67. The molecular formula is C14H25NO5. The molecule has 0 saturated carbocycles. The summed E-state index contributed by atoms with van der Waals surface area (Å²) in [4.78, 5) is 35.1. The Bertz CT molecular complexity index is 372. The summed E-state index contributed by atoms with van der Waals surface area (Å²) in [5.74, 6) is -0.782. The van der Waals surface area contributed by atoms with E-state index in [9.17, 15) is 14.4 Å². The fraction of sp³-hybridized carbons (Fsp3) is 0.786. The number of hydrogen-bond acceptors (Lipinski definition) is 5. The smallest absolute Gasteiger partial charge is 0.229 e. The number of rotatable bonds is 9. The largest absolute Gasteiger partial charge is 0.377 e. The van der Waals surface area contributed by atoms with E-state index in [0.717, 1.165) is 4.90 Å². The first-order chi connectivity index (χ1) is 9.43. The van der Waals surface area contributed by atoms with Crippen molar-refractivity contribution < 1.29 is 25.2 Å². The molecule has 1 fully saturated rings. The number of ketones is 1. The Kier molecular flexibility index (Phi) is 8.06. The molecule has 0 spiro atoms. The van der Waals surface area contributed by atoms with Crippen molar-refractivity contribution >= 4 is 17.6 Å². The van der Waals surface area contributed by atoms with Crippen LogP contribution in [0.2, 0.25) is 0 Å². The van der Waals surface area contributed by atoms with Crippen molar-refractivity contribution in [2.45, 2.75) is 34.1 Å². The molecule has 0 bridgehead atoms. The fourth-order valence-corrected chi connectivity index (χ4v) is 1.47. The van der Waals surface area contributed by atoms with Gasteiger partial charge in [0.25, 0.3) is 0 Å². The van der Waals surface area contributed by atoms with Crippen LogP contribution in [-0.2, 0) is 23.9 Å². The molecule has 1 rings (SSSR count). The van der Waals surface area contributed by atoms with Crippen molar-refractivity contribution in [3.63, 3.8) is 0 Å². The molecule has 2 amide bonds. The van der Waals surface area contributed by atoms with Crippen molar-refractivity contribution in [2.24, 2.45) is 5.92 Å². The van der Waals surface area contributed by atoms with Crippen LogP contribution in [-0.4, -0.2) is 55.5 Å². The third-order valence-corrected chi connectivity index (χ3v) is 2.74. The molecule has 1 heterocycles. The van der Waals surface area contributed by atoms with Crippen LogP contribution in [0.4, 0.5) is 0 Å². The lowest BCUT2D eigenvalue weighted by Gasteiger charge is -2.13. The lowest BCUT2D eigenvalue weighted by atomic mass is 10.1. The van der Waals surface area contributed by atoms with Crippen LogP contribution in [0.3, 0.4) is 0 Å². The minimum absolute atomic E-state index is 0. The van der Waals surface area contributed by atoms with Gasteiger partial charge in [-0.15, -0.1) is 0 Å². The number of carbonyl (C=O) groups excluding carboxylic acids is 3. The van der Waals surface area contributed by atoms with Crippen molar-refractivity contribution in [3.8, 4) is 0 Å². The van der Waals surface area contributed by atoms with E-state index in [1.54, 1.807) is 0 Å². The minimum atomic E-state index is -0.965. The molecule has 1 saturated heterocycles. The maximum Gasteiger partial charge on any atom is 0.229 e. The van der Waals surface area contributed by atoms with Gasteiger partial charge in [-0.2, -0.15) is 0 Å². The van der Waals surface area contributed by atoms with E-state index in [0.29, 0.717) is 13.2 Å². The van der Waals surface area contributed by atoms with Gasteiger partial charge >= 0.3 is 0 Å². The van der Waals surface area contributed by atoms with E-state index < -0.39 is 12.3 Å². The molecule has 1 aliphatic heterocycles. The fourth-order valence-electron chi connectivity index (χ4n) is 1.47. The third-order valence-electron chi connectivity index (χ3n) is 2.74. The Balaban J connectivity index is 0.00000400. The average molecular weight is 289 g/mol.